The second-order valence-corrected chi connectivity index (χ2v) is 7.04. The number of rotatable bonds is 3. The molecule has 0 radical (unpaired) electrons. The molecular formula is C19H29ClN2O. The van der Waals surface area contributed by atoms with E-state index in [-0.39, 0.29) is 30.3 Å². The Morgan fingerprint density at radius 3 is 2.74 bits per heavy atom. The minimum atomic E-state index is 0. The number of piperidine rings is 1. The third kappa shape index (κ3) is 4.48. The first-order chi connectivity index (χ1) is 10.6. The molecule has 1 heterocycles. The second kappa shape index (κ2) is 8.16. The number of nitrogens with one attached hydrogen (secondary N) is 2. The van der Waals surface area contributed by atoms with Crippen molar-refractivity contribution in [3.63, 3.8) is 0 Å². The number of benzene rings is 1. The highest BCUT2D eigenvalue weighted by Crippen LogP contribution is 2.25. The smallest absolute Gasteiger partial charge is 0.223 e. The van der Waals surface area contributed by atoms with Gasteiger partial charge in [-0.25, -0.2) is 0 Å². The number of carbonyl (C=O) groups is 1. The molecule has 2 N–H and O–H groups in total. The maximum atomic E-state index is 12.5. The summed E-state index contributed by atoms with van der Waals surface area (Å²) in [5, 5.41) is 6.63. The Balaban J connectivity index is 0.00000192. The van der Waals surface area contributed by atoms with Gasteiger partial charge in [-0.15, -0.1) is 12.4 Å². The average Bonchev–Trinajstić information content (AvgIpc) is 2.54. The van der Waals surface area contributed by atoms with Crippen LogP contribution in [0.2, 0.25) is 0 Å². The van der Waals surface area contributed by atoms with Crippen LogP contribution in [0.4, 0.5) is 0 Å². The van der Waals surface area contributed by atoms with Gasteiger partial charge in [0.05, 0.1) is 6.04 Å². The van der Waals surface area contributed by atoms with E-state index < -0.39 is 0 Å². The lowest BCUT2D eigenvalue weighted by Gasteiger charge is -2.28. The van der Waals surface area contributed by atoms with Crippen molar-refractivity contribution in [2.45, 2.75) is 64.5 Å². The van der Waals surface area contributed by atoms with E-state index in [1.807, 2.05) is 0 Å². The SMILES string of the molecule is CC(NC(=O)[C@H]1CCN[C@@H](C)C1)c1ccc2c(c1)CCCC2.Cl. The highest BCUT2D eigenvalue weighted by Gasteiger charge is 2.25. The summed E-state index contributed by atoms with van der Waals surface area (Å²) in [6.45, 7) is 5.21. The number of aryl methyl sites for hydroxylation is 2. The second-order valence-electron chi connectivity index (χ2n) is 7.04. The zero-order valence-corrected chi connectivity index (χ0v) is 15.0. The van der Waals surface area contributed by atoms with E-state index in [1.54, 1.807) is 0 Å². The Hall–Kier alpha value is -1.06. The molecule has 1 fully saturated rings. The molecular weight excluding hydrogens is 308 g/mol. The fourth-order valence-electron chi connectivity index (χ4n) is 3.81. The van der Waals surface area contributed by atoms with Gasteiger partial charge in [0.15, 0.2) is 0 Å². The van der Waals surface area contributed by atoms with E-state index in [9.17, 15) is 4.79 Å². The third-order valence-electron chi connectivity index (χ3n) is 5.23. The van der Waals surface area contributed by atoms with Gasteiger partial charge in [-0.1, -0.05) is 18.2 Å². The highest BCUT2D eigenvalue weighted by atomic mass is 35.5. The van der Waals surface area contributed by atoms with Crippen molar-refractivity contribution in [3.8, 4) is 0 Å². The minimum absolute atomic E-state index is 0. The van der Waals surface area contributed by atoms with Gasteiger partial charge < -0.3 is 10.6 Å². The maximum absolute atomic E-state index is 12.5. The van der Waals surface area contributed by atoms with E-state index in [0.29, 0.717) is 6.04 Å². The molecule has 1 aromatic rings. The van der Waals surface area contributed by atoms with Gasteiger partial charge in [0.2, 0.25) is 5.91 Å². The molecule has 0 spiro atoms. The lowest BCUT2D eigenvalue weighted by Crippen LogP contribution is -2.43. The van der Waals surface area contributed by atoms with Gasteiger partial charge in [0.1, 0.15) is 0 Å². The average molecular weight is 337 g/mol. The standard InChI is InChI=1S/C19H28N2O.ClH/c1-13-11-18(9-10-20-13)19(22)21-14(2)16-8-7-15-5-3-4-6-17(15)12-16;/h7-8,12-14,18,20H,3-6,9-11H2,1-2H3,(H,21,22);1H/t13-,14?,18-;/m0./s1. The number of hydrogen-bond acceptors (Lipinski definition) is 2. The molecule has 1 aromatic carbocycles. The van der Waals surface area contributed by atoms with Crippen LogP contribution in [0.1, 0.15) is 62.3 Å². The summed E-state index contributed by atoms with van der Waals surface area (Å²) in [6.07, 6.45) is 6.91. The van der Waals surface area contributed by atoms with Gasteiger partial charge in [0, 0.05) is 12.0 Å². The van der Waals surface area contributed by atoms with Gasteiger partial charge in [0.25, 0.3) is 0 Å². The van der Waals surface area contributed by atoms with Crippen LogP contribution in [-0.2, 0) is 17.6 Å². The van der Waals surface area contributed by atoms with Crippen LogP contribution in [0.5, 0.6) is 0 Å². The summed E-state index contributed by atoms with van der Waals surface area (Å²) in [5.41, 5.74) is 4.23. The van der Waals surface area contributed by atoms with Gasteiger partial charge in [-0.2, -0.15) is 0 Å². The van der Waals surface area contributed by atoms with Crippen molar-refractivity contribution >= 4 is 18.3 Å². The number of fused-ring (bicyclic) bond motifs is 1. The van der Waals surface area contributed by atoms with Crippen LogP contribution >= 0.6 is 12.4 Å². The molecule has 2 aliphatic rings. The zero-order valence-electron chi connectivity index (χ0n) is 14.2. The lowest BCUT2D eigenvalue weighted by atomic mass is 9.89. The summed E-state index contributed by atoms with van der Waals surface area (Å²) in [7, 11) is 0. The van der Waals surface area contributed by atoms with E-state index >= 15 is 0 Å². The monoisotopic (exact) mass is 336 g/mol. The van der Waals surface area contributed by atoms with Crippen molar-refractivity contribution in [2.75, 3.05) is 6.54 Å². The normalized spacial score (nSPS) is 25.0. The van der Waals surface area contributed by atoms with Crippen LogP contribution in [0.25, 0.3) is 0 Å². The molecule has 1 aliphatic heterocycles. The third-order valence-corrected chi connectivity index (χ3v) is 5.23. The van der Waals surface area contributed by atoms with Gasteiger partial charge in [-0.3, -0.25) is 4.79 Å². The molecule has 1 saturated heterocycles. The number of amides is 1. The van der Waals surface area contributed by atoms with E-state index in [1.165, 1.54) is 42.4 Å². The fourth-order valence-corrected chi connectivity index (χ4v) is 3.81. The minimum Gasteiger partial charge on any atom is -0.349 e. The molecule has 0 saturated carbocycles. The van der Waals surface area contributed by atoms with Crippen molar-refractivity contribution in [3.05, 3.63) is 34.9 Å². The molecule has 3 rings (SSSR count). The lowest BCUT2D eigenvalue weighted by molar-refractivity contribution is -0.126. The molecule has 0 aromatic heterocycles. The van der Waals surface area contributed by atoms with E-state index in [2.05, 4.69) is 42.7 Å². The molecule has 3 nitrogen and oxygen atoms in total. The first-order valence-electron chi connectivity index (χ1n) is 8.79. The van der Waals surface area contributed by atoms with Gasteiger partial charge >= 0.3 is 0 Å². The molecule has 128 valence electrons. The van der Waals surface area contributed by atoms with Crippen molar-refractivity contribution < 1.29 is 4.79 Å². The molecule has 1 aliphatic carbocycles. The summed E-state index contributed by atoms with van der Waals surface area (Å²) in [4.78, 5) is 12.5. The van der Waals surface area contributed by atoms with Gasteiger partial charge in [-0.05, 0) is 75.6 Å². The molecule has 4 heteroatoms. The predicted molar refractivity (Wildman–Crippen MR) is 97.1 cm³/mol. The van der Waals surface area contributed by atoms with Crippen LogP contribution in [-0.4, -0.2) is 18.5 Å². The van der Waals surface area contributed by atoms with Crippen LogP contribution in [0.3, 0.4) is 0 Å². The quantitative estimate of drug-likeness (QED) is 0.886. The first-order valence-corrected chi connectivity index (χ1v) is 8.79. The number of halogens is 1. The molecule has 1 unspecified atom stereocenters. The Labute approximate surface area is 146 Å². The van der Waals surface area contributed by atoms with Crippen molar-refractivity contribution in [1.82, 2.24) is 10.6 Å². The first kappa shape index (κ1) is 18.3. The van der Waals surface area contributed by atoms with Crippen molar-refractivity contribution in [1.29, 1.82) is 0 Å². The molecule has 1 amide bonds. The summed E-state index contributed by atoms with van der Waals surface area (Å²) in [6, 6.07) is 7.32. The largest absolute Gasteiger partial charge is 0.349 e. The Morgan fingerprint density at radius 1 is 1.26 bits per heavy atom. The zero-order chi connectivity index (χ0) is 15.5. The van der Waals surface area contributed by atoms with E-state index in [0.717, 1.165) is 19.4 Å². The molecule has 0 bridgehead atoms. The molecule has 3 atom stereocenters. The predicted octanol–water partition coefficient (Wildman–Crippen LogP) is 3.55. The number of carbonyl (C=O) groups excluding carboxylic acids is 1. The Kier molecular flexibility index (Phi) is 6.49. The van der Waals surface area contributed by atoms with E-state index in [4.69, 9.17) is 0 Å². The van der Waals surface area contributed by atoms with Crippen LogP contribution < -0.4 is 10.6 Å². The molecule has 23 heavy (non-hydrogen) atoms. The Morgan fingerprint density at radius 2 is 2.00 bits per heavy atom. The Bertz CT molecular complexity index is 546. The fraction of sp³-hybridized carbons (Fsp3) is 0.632. The van der Waals surface area contributed by atoms with Crippen LogP contribution in [0.15, 0.2) is 18.2 Å². The van der Waals surface area contributed by atoms with Crippen molar-refractivity contribution in [2.24, 2.45) is 5.92 Å². The topological polar surface area (TPSA) is 41.1 Å². The number of hydrogen-bond donors (Lipinski definition) is 2. The highest BCUT2D eigenvalue weighted by molar-refractivity contribution is 5.85. The summed E-state index contributed by atoms with van der Waals surface area (Å²) >= 11 is 0. The summed E-state index contributed by atoms with van der Waals surface area (Å²) < 4.78 is 0. The van der Waals surface area contributed by atoms with Crippen LogP contribution in [0, 0.1) is 5.92 Å². The summed E-state index contributed by atoms with van der Waals surface area (Å²) in [5.74, 6) is 0.384. The maximum Gasteiger partial charge on any atom is 0.223 e.